The zero-order chi connectivity index (χ0) is 14.9. The van der Waals surface area contributed by atoms with E-state index in [0.29, 0.717) is 18.2 Å². The van der Waals surface area contributed by atoms with Crippen LogP contribution >= 0.6 is 0 Å². The van der Waals surface area contributed by atoms with Gasteiger partial charge in [0, 0.05) is 31.5 Å². The van der Waals surface area contributed by atoms with Crippen LogP contribution in [0.2, 0.25) is 0 Å². The Kier molecular flexibility index (Phi) is 3.78. The Bertz CT molecular complexity index is 693. The minimum atomic E-state index is -0.0771. The third kappa shape index (κ3) is 3.31. The molecule has 2 aromatic heterocycles. The molecule has 0 amide bonds. The second-order valence-electron chi connectivity index (χ2n) is 6.19. The Morgan fingerprint density at radius 1 is 1.48 bits per heavy atom. The zero-order valence-electron chi connectivity index (χ0n) is 12.5. The summed E-state index contributed by atoms with van der Waals surface area (Å²) in [5.41, 5.74) is 1.36. The summed E-state index contributed by atoms with van der Waals surface area (Å²) in [6.07, 6.45) is 3.71. The van der Waals surface area contributed by atoms with Crippen molar-refractivity contribution in [3.8, 4) is 0 Å². The number of aromatic nitrogens is 2. The number of nitrogens with one attached hydrogen (secondary N) is 1. The van der Waals surface area contributed by atoms with Crippen LogP contribution in [0.4, 0.5) is 0 Å². The normalized spacial score (nSPS) is 21.5. The van der Waals surface area contributed by atoms with Gasteiger partial charge < -0.3 is 10.1 Å². The van der Waals surface area contributed by atoms with Crippen molar-refractivity contribution in [2.45, 2.75) is 44.9 Å². The lowest BCUT2D eigenvalue weighted by Gasteiger charge is -2.35. The summed E-state index contributed by atoms with van der Waals surface area (Å²) in [5.74, 6) is 0. The van der Waals surface area contributed by atoms with Gasteiger partial charge in [-0.05, 0) is 38.8 Å². The molecule has 1 N–H and O–H groups in total. The van der Waals surface area contributed by atoms with Crippen molar-refractivity contribution in [3.63, 3.8) is 0 Å². The Balaban J connectivity index is 1.72. The second-order valence-corrected chi connectivity index (χ2v) is 6.19. The molecule has 0 saturated carbocycles. The molecule has 1 aliphatic heterocycles. The summed E-state index contributed by atoms with van der Waals surface area (Å²) in [7, 11) is 0. The predicted octanol–water partition coefficient (Wildman–Crippen LogP) is 1.74. The lowest BCUT2D eigenvalue weighted by molar-refractivity contribution is -0.0631. The van der Waals surface area contributed by atoms with Gasteiger partial charge in [-0.2, -0.15) is 0 Å². The van der Waals surface area contributed by atoms with Gasteiger partial charge in [0.05, 0.1) is 11.3 Å². The molecule has 5 heteroatoms. The van der Waals surface area contributed by atoms with Crippen LogP contribution in [-0.4, -0.2) is 27.6 Å². The molecule has 21 heavy (non-hydrogen) atoms. The SMILES string of the molecule is CC1(C)CC(NCc2cc(=O)n3ccccc3n2)CCO1. The van der Waals surface area contributed by atoms with Gasteiger partial charge in [-0.1, -0.05) is 6.07 Å². The quantitative estimate of drug-likeness (QED) is 0.934. The summed E-state index contributed by atoms with van der Waals surface area (Å²) in [4.78, 5) is 16.6. The topological polar surface area (TPSA) is 55.6 Å². The Morgan fingerprint density at radius 2 is 2.33 bits per heavy atom. The predicted molar refractivity (Wildman–Crippen MR) is 81.4 cm³/mol. The molecular formula is C16H21N3O2. The van der Waals surface area contributed by atoms with Gasteiger partial charge in [0.2, 0.25) is 0 Å². The first-order valence-electron chi connectivity index (χ1n) is 7.38. The number of hydrogen-bond acceptors (Lipinski definition) is 4. The van der Waals surface area contributed by atoms with E-state index >= 15 is 0 Å². The zero-order valence-corrected chi connectivity index (χ0v) is 12.5. The van der Waals surface area contributed by atoms with E-state index in [0.717, 1.165) is 25.1 Å². The molecule has 5 nitrogen and oxygen atoms in total. The first-order chi connectivity index (χ1) is 10.0. The molecule has 0 bridgehead atoms. The maximum absolute atomic E-state index is 12.0. The number of pyridine rings is 1. The average molecular weight is 287 g/mol. The molecule has 3 rings (SSSR count). The van der Waals surface area contributed by atoms with Gasteiger partial charge in [0.25, 0.3) is 5.56 Å². The molecule has 2 aromatic rings. The molecular weight excluding hydrogens is 266 g/mol. The summed E-state index contributed by atoms with van der Waals surface area (Å²) >= 11 is 0. The fourth-order valence-electron chi connectivity index (χ4n) is 2.85. The number of nitrogens with zero attached hydrogens (tertiary/aromatic N) is 2. The van der Waals surface area contributed by atoms with Gasteiger partial charge >= 0.3 is 0 Å². The van der Waals surface area contributed by atoms with Crippen molar-refractivity contribution in [3.05, 3.63) is 46.5 Å². The van der Waals surface area contributed by atoms with Gasteiger partial charge in [-0.25, -0.2) is 4.98 Å². The van der Waals surface area contributed by atoms with Crippen LogP contribution in [0.25, 0.3) is 5.65 Å². The number of ether oxygens (including phenoxy) is 1. The van der Waals surface area contributed by atoms with E-state index in [4.69, 9.17) is 4.74 Å². The Morgan fingerprint density at radius 3 is 3.14 bits per heavy atom. The molecule has 1 atom stereocenters. The standard InChI is InChI=1S/C16H21N3O2/c1-16(2)10-12(6-8-21-16)17-11-13-9-15(20)19-7-4-3-5-14(19)18-13/h3-5,7,9,12,17H,6,8,10-11H2,1-2H3. The number of fused-ring (bicyclic) bond motifs is 1. The minimum Gasteiger partial charge on any atom is -0.375 e. The maximum Gasteiger partial charge on any atom is 0.258 e. The van der Waals surface area contributed by atoms with Crippen molar-refractivity contribution in [1.29, 1.82) is 0 Å². The van der Waals surface area contributed by atoms with Crippen LogP contribution < -0.4 is 10.9 Å². The van der Waals surface area contributed by atoms with Gasteiger partial charge in [-0.15, -0.1) is 0 Å². The molecule has 3 heterocycles. The third-order valence-electron chi connectivity index (χ3n) is 3.89. The van der Waals surface area contributed by atoms with E-state index in [1.165, 1.54) is 0 Å². The first kappa shape index (κ1) is 14.2. The third-order valence-corrected chi connectivity index (χ3v) is 3.89. The van der Waals surface area contributed by atoms with Crippen molar-refractivity contribution >= 4 is 5.65 Å². The van der Waals surface area contributed by atoms with E-state index in [1.54, 1.807) is 16.7 Å². The van der Waals surface area contributed by atoms with Crippen LogP contribution in [0, 0.1) is 0 Å². The summed E-state index contributed by atoms with van der Waals surface area (Å²) in [6, 6.07) is 7.58. The highest BCUT2D eigenvalue weighted by Crippen LogP contribution is 2.23. The molecule has 0 aliphatic carbocycles. The second kappa shape index (κ2) is 5.58. The average Bonchev–Trinajstić information content (AvgIpc) is 2.44. The highest BCUT2D eigenvalue weighted by Gasteiger charge is 2.28. The summed E-state index contributed by atoms with van der Waals surface area (Å²) in [5, 5.41) is 3.49. The molecule has 1 fully saturated rings. The van der Waals surface area contributed by atoms with E-state index in [1.807, 2.05) is 18.2 Å². The molecule has 1 aliphatic rings. The molecule has 112 valence electrons. The first-order valence-corrected chi connectivity index (χ1v) is 7.38. The van der Waals surface area contributed by atoms with Gasteiger partial charge in [0.15, 0.2) is 0 Å². The molecule has 0 radical (unpaired) electrons. The van der Waals surface area contributed by atoms with Crippen LogP contribution in [0.15, 0.2) is 35.3 Å². The van der Waals surface area contributed by atoms with E-state index < -0.39 is 0 Å². The van der Waals surface area contributed by atoms with E-state index in [-0.39, 0.29) is 11.2 Å². The summed E-state index contributed by atoms with van der Waals surface area (Å²) in [6.45, 7) is 5.61. The minimum absolute atomic E-state index is 0.0373. The van der Waals surface area contributed by atoms with Crippen LogP contribution in [0.5, 0.6) is 0 Å². The molecule has 0 spiro atoms. The Hall–Kier alpha value is -1.72. The van der Waals surface area contributed by atoms with Crippen molar-refractivity contribution in [2.24, 2.45) is 0 Å². The van der Waals surface area contributed by atoms with Crippen molar-refractivity contribution in [2.75, 3.05) is 6.61 Å². The highest BCUT2D eigenvalue weighted by molar-refractivity contribution is 5.37. The highest BCUT2D eigenvalue weighted by atomic mass is 16.5. The van der Waals surface area contributed by atoms with Crippen LogP contribution in [0.3, 0.4) is 0 Å². The Labute approximate surface area is 124 Å². The smallest absolute Gasteiger partial charge is 0.258 e. The fraction of sp³-hybridized carbons (Fsp3) is 0.500. The fourth-order valence-corrected chi connectivity index (χ4v) is 2.85. The lowest BCUT2D eigenvalue weighted by Crippen LogP contribution is -2.43. The summed E-state index contributed by atoms with van der Waals surface area (Å²) < 4.78 is 7.27. The van der Waals surface area contributed by atoms with Gasteiger partial charge in [0.1, 0.15) is 5.65 Å². The van der Waals surface area contributed by atoms with E-state index in [2.05, 4.69) is 24.1 Å². The van der Waals surface area contributed by atoms with Gasteiger partial charge in [-0.3, -0.25) is 9.20 Å². The van der Waals surface area contributed by atoms with Crippen LogP contribution in [0.1, 0.15) is 32.4 Å². The maximum atomic E-state index is 12.0. The monoisotopic (exact) mass is 287 g/mol. The number of rotatable bonds is 3. The van der Waals surface area contributed by atoms with Crippen molar-refractivity contribution in [1.82, 2.24) is 14.7 Å². The number of hydrogen-bond donors (Lipinski definition) is 1. The lowest BCUT2D eigenvalue weighted by atomic mass is 9.94. The van der Waals surface area contributed by atoms with E-state index in [9.17, 15) is 4.79 Å². The molecule has 1 saturated heterocycles. The van der Waals surface area contributed by atoms with Crippen molar-refractivity contribution < 1.29 is 4.74 Å². The molecule has 1 unspecified atom stereocenters. The van der Waals surface area contributed by atoms with Crippen LogP contribution in [-0.2, 0) is 11.3 Å². The molecule has 0 aromatic carbocycles. The largest absolute Gasteiger partial charge is 0.375 e.